The summed E-state index contributed by atoms with van der Waals surface area (Å²) in [7, 11) is 0. The standard InChI is InChI=1S/C18H17N3O/c19-16-8-4-7-15-14(16)10-12-20-17(15)18(22)21-11-9-13-5-2-1-3-6-13/h1-8,10,12H,9,11,19H2,(H,21,22). The Morgan fingerprint density at radius 3 is 2.64 bits per heavy atom. The third-order valence-corrected chi connectivity index (χ3v) is 3.60. The van der Waals surface area contributed by atoms with Crippen molar-refractivity contribution in [3.05, 3.63) is 72.1 Å². The number of hydrogen-bond acceptors (Lipinski definition) is 3. The summed E-state index contributed by atoms with van der Waals surface area (Å²) >= 11 is 0. The molecule has 1 heterocycles. The maximum Gasteiger partial charge on any atom is 0.270 e. The Morgan fingerprint density at radius 1 is 1.00 bits per heavy atom. The first kappa shape index (κ1) is 14.1. The molecule has 4 heteroatoms. The van der Waals surface area contributed by atoms with E-state index in [0.717, 1.165) is 17.2 Å². The lowest BCUT2D eigenvalue weighted by atomic mass is 10.1. The van der Waals surface area contributed by atoms with Gasteiger partial charge in [0.25, 0.3) is 5.91 Å². The molecule has 0 radical (unpaired) electrons. The van der Waals surface area contributed by atoms with Gasteiger partial charge in [-0.15, -0.1) is 0 Å². The Kier molecular flexibility index (Phi) is 4.01. The number of rotatable bonds is 4. The normalized spacial score (nSPS) is 10.5. The first-order valence-electron chi connectivity index (χ1n) is 7.21. The summed E-state index contributed by atoms with van der Waals surface area (Å²) in [5.74, 6) is -0.174. The van der Waals surface area contributed by atoms with Crippen LogP contribution >= 0.6 is 0 Å². The van der Waals surface area contributed by atoms with Crippen molar-refractivity contribution in [2.45, 2.75) is 6.42 Å². The zero-order chi connectivity index (χ0) is 15.4. The molecule has 0 bridgehead atoms. The number of nitrogens with two attached hydrogens (primary N) is 1. The van der Waals surface area contributed by atoms with E-state index in [-0.39, 0.29) is 5.91 Å². The van der Waals surface area contributed by atoms with Crippen LogP contribution in [0.2, 0.25) is 0 Å². The summed E-state index contributed by atoms with van der Waals surface area (Å²) in [6.07, 6.45) is 2.41. The number of aromatic nitrogens is 1. The molecular formula is C18H17N3O. The Morgan fingerprint density at radius 2 is 1.82 bits per heavy atom. The number of amides is 1. The number of nitrogens with one attached hydrogen (secondary N) is 1. The zero-order valence-corrected chi connectivity index (χ0v) is 12.1. The first-order valence-corrected chi connectivity index (χ1v) is 7.21. The van der Waals surface area contributed by atoms with Crippen LogP contribution in [0.25, 0.3) is 10.8 Å². The Bertz CT molecular complexity index is 800. The van der Waals surface area contributed by atoms with E-state index >= 15 is 0 Å². The molecule has 110 valence electrons. The Labute approximate surface area is 129 Å². The lowest BCUT2D eigenvalue weighted by molar-refractivity contribution is 0.0951. The maximum atomic E-state index is 12.3. The average molecular weight is 291 g/mol. The minimum Gasteiger partial charge on any atom is -0.398 e. The largest absolute Gasteiger partial charge is 0.398 e. The first-order chi connectivity index (χ1) is 10.8. The molecule has 0 atom stereocenters. The molecule has 0 saturated heterocycles. The monoisotopic (exact) mass is 291 g/mol. The summed E-state index contributed by atoms with van der Waals surface area (Å²) in [6, 6.07) is 17.4. The SMILES string of the molecule is Nc1cccc2c(C(=O)NCCc3ccccc3)nccc12. The molecule has 4 nitrogen and oxygen atoms in total. The number of benzene rings is 2. The smallest absolute Gasteiger partial charge is 0.270 e. The van der Waals surface area contributed by atoms with E-state index in [1.54, 1.807) is 6.20 Å². The number of nitrogens with zero attached hydrogens (tertiary/aromatic N) is 1. The summed E-state index contributed by atoms with van der Waals surface area (Å²) in [6.45, 7) is 0.573. The molecule has 0 aliphatic rings. The summed E-state index contributed by atoms with van der Waals surface area (Å²) in [4.78, 5) is 16.6. The molecule has 1 aromatic heterocycles. The summed E-state index contributed by atoms with van der Waals surface area (Å²) in [5.41, 5.74) is 8.20. The van der Waals surface area contributed by atoms with E-state index in [2.05, 4.69) is 10.3 Å². The van der Waals surface area contributed by atoms with Crippen LogP contribution < -0.4 is 11.1 Å². The molecule has 1 amide bonds. The van der Waals surface area contributed by atoms with Gasteiger partial charge in [-0.3, -0.25) is 9.78 Å². The van der Waals surface area contributed by atoms with Gasteiger partial charge in [0.1, 0.15) is 5.69 Å². The van der Waals surface area contributed by atoms with E-state index in [4.69, 9.17) is 5.73 Å². The number of fused-ring (bicyclic) bond motifs is 1. The van der Waals surface area contributed by atoms with Crippen molar-refractivity contribution >= 4 is 22.4 Å². The van der Waals surface area contributed by atoms with Gasteiger partial charge in [-0.2, -0.15) is 0 Å². The van der Waals surface area contributed by atoms with Crippen LogP contribution in [-0.2, 0) is 6.42 Å². The highest BCUT2D eigenvalue weighted by Crippen LogP contribution is 2.22. The van der Waals surface area contributed by atoms with Crippen molar-refractivity contribution < 1.29 is 4.79 Å². The second-order valence-corrected chi connectivity index (χ2v) is 5.09. The van der Waals surface area contributed by atoms with Gasteiger partial charge in [0, 0.05) is 29.2 Å². The van der Waals surface area contributed by atoms with Gasteiger partial charge >= 0.3 is 0 Å². The molecule has 22 heavy (non-hydrogen) atoms. The number of nitrogen functional groups attached to an aromatic ring is 1. The minimum absolute atomic E-state index is 0.174. The van der Waals surface area contributed by atoms with Gasteiger partial charge in [-0.25, -0.2) is 0 Å². The van der Waals surface area contributed by atoms with Crippen molar-refractivity contribution in [3.8, 4) is 0 Å². The molecule has 2 aromatic carbocycles. The number of hydrogen-bond donors (Lipinski definition) is 2. The van der Waals surface area contributed by atoms with E-state index in [0.29, 0.717) is 17.9 Å². The van der Waals surface area contributed by atoms with Crippen molar-refractivity contribution in [2.24, 2.45) is 0 Å². The van der Waals surface area contributed by atoms with Gasteiger partial charge < -0.3 is 11.1 Å². The lowest BCUT2D eigenvalue weighted by Gasteiger charge is -2.08. The number of pyridine rings is 1. The van der Waals surface area contributed by atoms with Gasteiger partial charge in [-0.1, -0.05) is 42.5 Å². The molecule has 0 fully saturated rings. The highest BCUT2D eigenvalue weighted by atomic mass is 16.1. The van der Waals surface area contributed by atoms with Gasteiger partial charge in [-0.05, 0) is 24.1 Å². The van der Waals surface area contributed by atoms with Crippen molar-refractivity contribution in [1.82, 2.24) is 10.3 Å². The van der Waals surface area contributed by atoms with Crippen LogP contribution in [0, 0.1) is 0 Å². The average Bonchev–Trinajstić information content (AvgIpc) is 2.56. The fourth-order valence-corrected chi connectivity index (χ4v) is 2.46. The Hall–Kier alpha value is -2.88. The molecule has 0 unspecified atom stereocenters. The second-order valence-electron chi connectivity index (χ2n) is 5.09. The predicted molar refractivity (Wildman–Crippen MR) is 88.6 cm³/mol. The summed E-state index contributed by atoms with van der Waals surface area (Å²) in [5, 5.41) is 4.55. The number of carbonyl (C=O) groups excluding carboxylic acids is 1. The molecule has 3 aromatic rings. The molecule has 0 aliphatic carbocycles. The van der Waals surface area contributed by atoms with E-state index in [1.165, 1.54) is 5.56 Å². The third kappa shape index (κ3) is 2.91. The molecule has 0 spiro atoms. The number of anilines is 1. The highest BCUT2D eigenvalue weighted by molar-refractivity contribution is 6.07. The molecule has 0 aliphatic heterocycles. The maximum absolute atomic E-state index is 12.3. The van der Waals surface area contributed by atoms with Crippen LogP contribution in [0.1, 0.15) is 16.1 Å². The second kappa shape index (κ2) is 6.26. The Balaban J connectivity index is 1.74. The fourth-order valence-electron chi connectivity index (χ4n) is 2.46. The molecule has 3 rings (SSSR count). The van der Waals surface area contributed by atoms with E-state index < -0.39 is 0 Å². The molecule has 0 saturated carbocycles. The topological polar surface area (TPSA) is 68.0 Å². The van der Waals surface area contributed by atoms with Crippen LogP contribution in [0.3, 0.4) is 0 Å². The van der Waals surface area contributed by atoms with Crippen LogP contribution in [0.5, 0.6) is 0 Å². The highest BCUT2D eigenvalue weighted by Gasteiger charge is 2.12. The van der Waals surface area contributed by atoms with Gasteiger partial charge in [0.2, 0.25) is 0 Å². The molecular weight excluding hydrogens is 274 g/mol. The van der Waals surface area contributed by atoms with Gasteiger partial charge in [0.05, 0.1) is 0 Å². The fraction of sp³-hybridized carbons (Fsp3) is 0.111. The predicted octanol–water partition coefficient (Wildman–Crippen LogP) is 2.79. The van der Waals surface area contributed by atoms with Crippen LogP contribution in [0.4, 0.5) is 5.69 Å². The quantitative estimate of drug-likeness (QED) is 0.726. The lowest BCUT2D eigenvalue weighted by Crippen LogP contribution is -2.26. The van der Waals surface area contributed by atoms with E-state index in [9.17, 15) is 4.79 Å². The summed E-state index contributed by atoms with van der Waals surface area (Å²) < 4.78 is 0. The zero-order valence-electron chi connectivity index (χ0n) is 12.1. The van der Waals surface area contributed by atoms with Crippen molar-refractivity contribution in [2.75, 3.05) is 12.3 Å². The molecule has 3 N–H and O–H groups in total. The number of carbonyl (C=O) groups is 1. The van der Waals surface area contributed by atoms with Crippen molar-refractivity contribution in [1.29, 1.82) is 0 Å². The van der Waals surface area contributed by atoms with E-state index in [1.807, 2.05) is 54.6 Å². The third-order valence-electron chi connectivity index (χ3n) is 3.60. The van der Waals surface area contributed by atoms with Crippen molar-refractivity contribution in [3.63, 3.8) is 0 Å². The van der Waals surface area contributed by atoms with Crippen LogP contribution in [0.15, 0.2) is 60.8 Å². The minimum atomic E-state index is -0.174. The van der Waals surface area contributed by atoms with Gasteiger partial charge in [0.15, 0.2) is 0 Å². The van der Waals surface area contributed by atoms with Crippen LogP contribution in [-0.4, -0.2) is 17.4 Å².